The van der Waals surface area contributed by atoms with Gasteiger partial charge in [0.05, 0.1) is 0 Å². The third-order valence-electron chi connectivity index (χ3n) is 1.84. The van der Waals surface area contributed by atoms with E-state index in [0.717, 1.165) is 11.5 Å². The van der Waals surface area contributed by atoms with E-state index in [9.17, 15) is 0 Å². The van der Waals surface area contributed by atoms with E-state index in [1.807, 2.05) is 35.9 Å². The topological polar surface area (TPSA) is 33.6 Å². The van der Waals surface area contributed by atoms with Crippen molar-refractivity contribution >= 4 is 12.2 Å². The van der Waals surface area contributed by atoms with E-state index in [2.05, 4.69) is 9.97 Å². The molecule has 13 heavy (non-hydrogen) atoms. The fourth-order valence-electron chi connectivity index (χ4n) is 1.23. The predicted octanol–water partition coefficient (Wildman–Crippen LogP) is 2.24. The van der Waals surface area contributed by atoms with Gasteiger partial charge < -0.3 is 4.98 Å². The number of aromatic amines is 1. The Morgan fingerprint density at radius 2 is 2.31 bits per heavy atom. The second kappa shape index (κ2) is 3.14. The minimum absolute atomic E-state index is 0.677. The molecule has 2 rings (SSSR count). The van der Waals surface area contributed by atoms with Gasteiger partial charge in [-0.1, -0.05) is 6.07 Å². The number of hydrogen-bond donors (Lipinski definition) is 1. The molecule has 2 heterocycles. The number of pyridine rings is 1. The predicted molar refractivity (Wildman–Crippen MR) is 53.5 cm³/mol. The molecule has 2 aromatic heterocycles. The summed E-state index contributed by atoms with van der Waals surface area (Å²) < 4.78 is 2.58. The normalized spacial score (nSPS) is 10.2. The Hall–Kier alpha value is -1.42. The monoisotopic (exact) mass is 191 g/mol. The third-order valence-corrected chi connectivity index (χ3v) is 2.14. The Kier molecular flexibility index (Phi) is 1.98. The fourth-order valence-corrected chi connectivity index (χ4v) is 1.52. The van der Waals surface area contributed by atoms with Crippen molar-refractivity contribution < 1.29 is 0 Å². The Labute approximate surface area is 81.1 Å². The van der Waals surface area contributed by atoms with Gasteiger partial charge in [-0.25, -0.2) is 4.98 Å². The Morgan fingerprint density at radius 1 is 1.46 bits per heavy atom. The van der Waals surface area contributed by atoms with Crippen molar-refractivity contribution in [2.75, 3.05) is 0 Å². The summed E-state index contributed by atoms with van der Waals surface area (Å²) in [5.74, 6) is 0.853. The van der Waals surface area contributed by atoms with Crippen LogP contribution in [0.15, 0.2) is 30.6 Å². The molecule has 3 nitrogen and oxygen atoms in total. The van der Waals surface area contributed by atoms with Crippen LogP contribution in [0, 0.1) is 11.7 Å². The lowest BCUT2D eigenvalue weighted by Crippen LogP contribution is -1.98. The van der Waals surface area contributed by atoms with Crippen molar-refractivity contribution in [2.45, 2.75) is 6.92 Å². The van der Waals surface area contributed by atoms with Gasteiger partial charge in [-0.15, -0.1) is 0 Å². The molecule has 4 heteroatoms. The zero-order chi connectivity index (χ0) is 9.26. The minimum atomic E-state index is 0.677. The quantitative estimate of drug-likeness (QED) is 0.701. The minimum Gasteiger partial charge on any atom is -0.337 e. The molecule has 0 saturated heterocycles. The van der Waals surface area contributed by atoms with Gasteiger partial charge in [0.25, 0.3) is 0 Å². The molecule has 66 valence electrons. The van der Waals surface area contributed by atoms with Crippen LogP contribution in [0.4, 0.5) is 0 Å². The lowest BCUT2D eigenvalue weighted by molar-refractivity contribution is 0.937. The first-order valence-electron chi connectivity index (χ1n) is 3.97. The number of H-pyrrole nitrogens is 1. The lowest BCUT2D eigenvalue weighted by atomic mass is 10.4. The van der Waals surface area contributed by atoms with E-state index in [-0.39, 0.29) is 0 Å². The Balaban J connectivity index is 2.65. The average Bonchev–Trinajstić information content (AvgIpc) is 2.48. The zero-order valence-corrected chi connectivity index (χ0v) is 8.01. The average molecular weight is 191 g/mol. The molecule has 0 radical (unpaired) electrons. The van der Waals surface area contributed by atoms with Crippen molar-refractivity contribution in [3.63, 3.8) is 0 Å². The standard InChI is InChI=1S/C9H9N3S/c1-7-6-11-9(13)12(7)8-4-2-3-5-10-8/h2-6H,1H3,(H,11,13). The summed E-state index contributed by atoms with van der Waals surface area (Å²) in [5.41, 5.74) is 1.06. The summed E-state index contributed by atoms with van der Waals surface area (Å²) in [6.07, 6.45) is 3.63. The molecule has 1 N–H and O–H groups in total. The number of imidazole rings is 1. The van der Waals surface area contributed by atoms with Gasteiger partial charge in [-0.2, -0.15) is 0 Å². The van der Waals surface area contributed by atoms with Gasteiger partial charge in [0.1, 0.15) is 5.82 Å². The number of aryl methyl sites for hydroxylation is 1. The van der Waals surface area contributed by atoms with Gasteiger partial charge in [-0.05, 0) is 31.3 Å². The van der Waals surface area contributed by atoms with E-state index in [4.69, 9.17) is 12.2 Å². The van der Waals surface area contributed by atoms with Crippen LogP contribution in [0.25, 0.3) is 5.82 Å². The third kappa shape index (κ3) is 1.40. The summed E-state index contributed by atoms with van der Waals surface area (Å²) in [6, 6.07) is 5.75. The van der Waals surface area contributed by atoms with Crippen molar-refractivity contribution in [2.24, 2.45) is 0 Å². The van der Waals surface area contributed by atoms with E-state index in [0.29, 0.717) is 4.77 Å². The zero-order valence-electron chi connectivity index (χ0n) is 7.19. The Morgan fingerprint density at radius 3 is 2.85 bits per heavy atom. The molecule has 0 aliphatic carbocycles. The van der Waals surface area contributed by atoms with E-state index in [1.165, 1.54) is 0 Å². The molecule has 0 saturated carbocycles. The lowest BCUT2D eigenvalue weighted by Gasteiger charge is -2.02. The van der Waals surface area contributed by atoms with E-state index >= 15 is 0 Å². The first kappa shape index (κ1) is 8.19. The van der Waals surface area contributed by atoms with Gasteiger partial charge in [0.2, 0.25) is 0 Å². The summed E-state index contributed by atoms with van der Waals surface area (Å²) in [6.45, 7) is 1.99. The second-order valence-electron chi connectivity index (χ2n) is 2.76. The number of hydrogen-bond acceptors (Lipinski definition) is 2. The van der Waals surface area contributed by atoms with Crippen molar-refractivity contribution in [1.82, 2.24) is 14.5 Å². The molecule has 0 spiro atoms. The van der Waals surface area contributed by atoms with Crippen LogP contribution in [0.2, 0.25) is 0 Å². The van der Waals surface area contributed by atoms with Gasteiger partial charge >= 0.3 is 0 Å². The highest BCUT2D eigenvalue weighted by Crippen LogP contribution is 2.07. The van der Waals surface area contributed by atoms with Crippen LogP contribution in [-0.4, -0.2) is 14.5 Å². The van der Waals surface area contributed by atoms with Crippen LogP contribution in [0.3, 0.4) is 0 Å². The second-order valence-corrected chi connectivity index (χ2v) is 3.15. The van der Waals surface area contributed by atoms with Crippen LogP contribution >= 0.6 is 12.2 Å². The summed E-state index contributed by atoms with van der Waals surface area (Å²) in [5, 5.41) is 0. The van der Waals surface area contributed by atoms with Gasteiger partial charge in [0, 0.05) is 18.1 Å². The highest BCUT2D eigenvalue weighted by molar-refractivity contribution is 7.71. The molecule has 0 aliphatic rings. The fraction of sp³-hybridized carbons (Fsp3) is 0.111. The van der Waals surface area contributed by atoms with Crippen LogP contribution in [0.1, 0.15) is 5.69 Å². The SMILES string of the molecule is Cc1c[nH]c(=S)n1-c1ccccn1. The molecule has 0 bridgehead atoms. The van der Waals surface area contributed by atoms with Crippen LogP contribution < -0.4 is 0 Å². The molecular formula is C9H9N3S. The largest absolute Gasteiger partial charge is 0.337 e. The molecule has 2 aromatic rings. The first-order chi connectivity index (χ1) is 6.29. The van der Waals surface area contributed by atoms with Crippen molar-refractivity contribution in [3.8, 4) is 5.82 Å². The number of rotatable bonds is 1. The van der Waals surface area contributed by atoms with Crippen molar-refractivity contribution in [1.29, 1.82) is 0 Å². The molecule has 0 amide bonds. The van der Waals surface area contributed by atoms with Crippen LogP contribution in [0.5, 0.6) is 0 Å². The van der Waals surface area contributed by atoms with Gasteiger partial charge in [0.15, 0.2) is 4.77 Å². The summed E-state index contributed by atoms with van der Waals surface area (Å²) in [7, 11) is 0. The molecule has 0 aromatic carbocycles. The highest BCUT2D eigenvalue weighted by atomic mass is 32.1. The summed E-state index contributed by atoms with van der Waals surface area (Å²) >= 11 is 5.12. The van der Waals surface area contributed by atoms with Crippen LogP contribution in [-0.2, 0) is 0 Å². The van der Waals surface area contributed by atoms with E-state index in [1.54, 1.807) is 6.20 Å². The molecule has 0 fully saturated rings. The smallest absolute Gasteiger partial charge is 0.183 e. The number of nitrogens with one attached hydrogen (secondary N) is 1. The molecular weight excluding hydrogens is 182 g/mol. The highest BCUT2D eigenvalue weighted by Gasteiger charge is 2.01. The maximum absolute atomic E-state index is 5.12. The molecule has 0 atom stereocenters. The van der Waals surface area contributed by atoms with E-state index < -0.39 is 0 Å². The first-order valence-corrected chi connectivity index (χ1v) is 4.38. The Bertz CT molecular complexity index is 455. The number of nitrogens with zero attached hydrogens (tertiary/aromatic N) is 2. The van der Waals surface area contributed by atoms with Gasteiger partial charge in [-0.3, -0.25) is 4.57 Å². The number of aromatic nitrogens is 3. The molecule has 0 aliphatic heterocycles. The maximum Gasteiger partial charge on any atom is 0.183 e. The molecule has 0 unspecified atom stereocenters. The summed E-state index contributed by atoms with van der Waals surface area (Å²) in [4.78, 5) is 7.19. The maximum atomic E-state index is 5.12. The van der Waals surface area contributed by atoms with Crippen molar-refractivity contribution in [3.05, 3.63) is 41.1 Å².